The van der Waals surface area contributed by atoms with Gasteiger partial charge in [-0.15, -0.1) is 0 Å². The fraction of sp³-hybridized carbons (Fsp3) is 0.905. The maximum Gasteiger partial charge on any atom is 0.309 e. The Hall–Kier alpha value is -1.06. The van der Waals surface area contributed by atoms with Crippen LogP contribution in [0.15, 0.2) is 0 Å². The van der Waals surface area contributed by atoms with Crippen LogP contribution < -0.4 is 0 Å². The molecule has 0 bridgehead atoms. The van der Waals surface area contributed by atoms with Crippen LogP contribution in [-0.4, -0.2) is 23.1 Å². The van der Waals surface area contributed by atoms with Crippen LogP contribution >= 0.6 is 0 Å². The van der Waals surface area contributed by atoms with Gasteiger partial charge < -0.3 is 9.84 Å². The van der Waals surface area contributed by atoms with E-state index >= 15 is 0 Å². The van der Waals surface area contributed by atoms with Crippen LogP contribution in [0.4, 0.5) is 0 Å². The Balaban J connectivity index is 2.57. The molecule has 1 rings (SSSR count). The number of ether oxygens (including phenoxy) is 1. The van der Waals surface area contributed by atoms with Crippen molar-refractivity contribution in [3.8, 4) is 0 Å². The summed E-state index contributed by atoms with van der Waals surface area (Å²) in [6, 6.07) is 0. The molecule has 1 aliphatic rings. The molecule has 146 valence electrons. The van der Waals surface area contributed by atoms with E-state index in [4.69, 9.17) is 4.74 Å². The number of esters is 1. The molecule has 4 atom stereocenters. The Morgan fingerprint density at radius 1 is 1.08 bits per heavy atom. The molecule has 4 heteroatoms. The van der Waals surface area contributed by atoms with Gasteiger partial charge in [0.15, 0.2) is 0 Å². The molecule has 0 heterocycles. The highest BCUT2D eigenvalue weighted by Gasteiger charge is 2.33. The molecule has 4 unspecified atom stereocenters. The number of rotatable bonds is 11. The quantitative estimate of drug-likeness (QED) is 0.502. The molecule has 1 aliphatic carbocycles. The highest BCUT2D eigenvalue weighted by atomic mass is 16.5. The van der Waals surface area contributed by atoms with E-state index in [9.17, 15) is 14.7 Å². The minimum absolute atomic E-state index is 0.00884. The molecule has 25 heavy (non-hydrogen) atoms. The molecule has 4 nitrogen and oxygen atoms in total. The van der Waals surface area contributed by atoms with Gasteiger partial charge in [-0.25, -0.2) is 0 Å². The lowest BCUT2D eigenvalue weighted by Gasteiger charge is -2.28. The Bertz CT molecular complexity index is 405. The first-order chi connectivity index (χ1) is 11.9. The Morgan fingerprint density at radius 3 is 2.32 bits per heavy atom. The fourth-order valence-electron chi connectivity index (χ4n) is 3.99. The second kappa shape index (κ2) is 11.5. The average molecular weight is 355 g/mol. The third-order valence-electron chi connectivity index (χ3n) is 5.85. The van der Waals surface area contributed by atoms with Gasteiger partial charge in [-0.2, -0.15) is 0 Å². The number of aliphatic carboxylic acids is 1. The van der Waals surface area contributed by atoms with E-state index in [0.29, 0.717) is 24.7 Å². The summed E-state index contributed by atoms with van der Waals surface area (Å²) in [4.78, 5) is 23.8. The zero-order valence-electron chi connectivity index (χ0n) is 16.6. The molecule has 0 radical (unpaired) electrons. The lowest BCUT2D eigenvalue weighted by Crippen LogP contribution is -2.31. The molecular weight excluding hydrogens is 316 g/mol. The Kier molecular flexibility index (Phi) is 10.1. The Labute approximate surface area is 153 Å². The molecule has 1 N–H and O–H groups in total. The molecule has 1 fully saturated rings. The molecule has 0 amide bonds. The largest absolute Gasteiger partial charge is 0.481 e. The number of carbonyl (C=O) groups excluding carboxylic acids is 1. The predicted molar refractivity (Wildman–Crippen MR) is 100 cm³/mol. The molecule has 0 saturated heterocycles. The number of hydrogen-bond donors (Lipinski definition) is 1. The molecule has 0 spiro atoms. The predicted octanol–water partition coefficient (Wildman–Crippen LogP) is 5.44. The summed E-state index contributed by atoms with van der Waals surface area (Å²) < 4.78 is 5.86. The van der Waals surface area contributed by atoms with Gasteiger partial charge in [-0.05, 0) is 50.4 Å². The summed E-state index contributed by atoms with van der Waals surface area (Å²) in [6.45, 7) is 8.90. The van der Waals surface area contributed by atoms with Crippen LogP contribution in [0.3, 0.4) is 0 Å². The van der Waals surface area contributed by atoms with Gasteiger partial charge in [-0.1, -0.05) is 53.4 Å². The summed E-state index contributed by atoms with van der Waals surface area (Å²) in [5, 5.41) is 9.21. The third kappa shape index (κ3) is 7.79. The zero-order chi connectivity index (χ0) is 18.8. The van der Waals surface area contributed by atoms with Gasteiger partial charge >= 0.3 is 11.9 Å². The van der Waals surface area contributed by atoms with Gasteiger partial charge in [0, 0.05) is 0 Å². The first-order valence-corrected chi connectivity index (χ1v) is 10.3. The first kappa shape index (κ1) is 22.0. The van der Waals surface area contributed by atoms with Crippen LogP contribution in [0.2, 0.25) is 0 Å². The van der Waals surface area contributed by atoms with Crippen molar-refractivity contribution in [3.05, 3.63) is 0 Å². The zero-order valence-corrected chi connectivity index (χ0v) is 16.6. The number of carbonyl (C=O) groups is 2. The Morgan fingerprint density at radius 2 is 1.76 bits per heavy atom. The van der Waals surface area contributed by atoms with Crippen molar-refractivity contribution in [1.82, 2.24) is 0 Å². The van der Waals surface area contributed by atoms with Crippen molar-refractivity contribution in [1.29, 1.82) is 0 Å². The monoisotopic (exact) mass is 354 g/mol. The van der Waals surface area contributed by atoms with Crippen LogP contribution in [0.1, 0.15) is 91.9 Å². The van der Waals surface area contributed by atoms with E-state index in [1.54, 1.807) is 0 Å². The first-order valence-electron chi connectivity index (χ1n) is 10.3. The van der Waals surface area contributed by atoms with Crippen molar-refractivity contribution in [2.45, 2.75) is 98.0 Å². The van der Waals surface area contributed by atoms with E-state index in [-0.39, 0.29) is 23.9 Å². The van der Waals surface area contributed by atoms with Crippen molar-refractivity contribution in [3.63, 3.8) is 0 Å². The summed E-state index contributed by atoms with van der Waals surface area (Å²) in [6.07, 6.45) is 8.97. The minimum atomic E-state index is -0.775. The molecule has 1 saturated carbocycles. The number of carboxylic acids is 1. The molecule has 0 aliphatic heterocycles. The van der Waals surface area contributed by atoms with E-state index in [0.717, 1.165) is 51.4 Å². The normalized spacial score (nSPS) is 23.2. The van der Waals surface area contributed by atoms with Gasteiger partial charge in [0.05, 0.1) is 11.8 Å². The van der Waals surface area contributed by atoms with E-state index in [1.807, 2.05) is 0 Å². The molecular formula is C21H38O4. The summed E-state index contributed by atoms with van der Waals surface area (Å²) in [5.74, 6) is -0.222. The molecule has 0 aromatic carbocycles. The summed E-state index contributed by atoms with van der Waals surface area (Å²) >= 11 is 0. The van der Waals surface area contributed by atoms with Gasteiger partial charge in [-0.3, -0.25) is 9.59 Å². The maximum absolute atomic E-state index is 12.6. The molecule has 0 aromatic rings. The van der Waals surface area contributed by atoms with E-state index in [2.05, 4.69) is 27.7 Å². The van der Waals surface area contributed by atoms with Gasteiger partial charge in [0.25, 0.3) is 0 Å². The fourth-order valence-corrected chi connectivity index (χ4v) is 3.99. The lowest BCUT2D eigenvalue weighted by atomic mass is 9.81. The van der Waals surface area contributed by atoms with Crippen LogP contribution in [-0.2, 0) is 14.3 Å². The maximum atomic E-state index is 12.6. The summed E-state index contributed by atoms with van der Waals surface area (Å²) in [5.41, 5.74) is 0. The standard InChI is InChI=1S/C21H38O4/c1-5-7-11-19(13-12-16(6-2)15(3)4)25-21(24)18-10-8-9-17(14-18)20(22)23/h15-19H,5-14H2,1-4H3,(H,22,23). The van der Waals surface area contributed by atoms with Crippen molar-refractivity contribution >= 4 is 11.9 Å². The van der Waals surface area contributed by atoms with Crippen LogP contribution in [0, 0.1) is 23.7 Å². The number of hydrogen-bond acceptors (Lipinski definition) is 3. The summed E-state index contributed by atoms with van der Waals surface area (Å²) in [7, 11) is 0. The second-order valence-corrected chi connectivity index (χ2v) is 8.09. The van der Waals surface area contributed by atoms with Crippen LogP contribution in [0.25, 0.3) is 0 Å². The number of carboxylic acid groups (broad SMARTS) is 1. The van der Waals surface area contributed by atoms with Crippen LogP contribution in [0.5, 0.6) is 0 Å². The van der Waals surface area contributed by atoms with E-state index < -0.39 is 5.97 Å². The topological polar surface area (TPSA) is 63.6 Å². The van der Waals surface area contributed by atoms with Crippen molar-refractivity contribution in [2.75, 3.05) is 0 Å². The highest BCUT2D eigenvalue weighted by Crippen LogP contribution is 2.31. The van der Waals surface area contributed by atoms with Crippen molar-refractivity contribution in [2.24, 2.45) is 23.7 Å². The van der Waals surface area contributed by atoms with Gasteiger partial charge in [0.2, 0.25) is 0 Å². The van der Waals surface area contributed by atoms with Crippen molar-refractivity contribution < 1.29 is 19.4 Å². The third-order valence-corrected chi connectivity index (χ3v) is 5.85. The molecule has 0 aromatic heterocycles. The van der Waals surface area contributed by atoms with Gasteiger partial charge in [0.1, 0.15) is 6.10 Å². The average Bonchev–Trinajstić information content (AvgIpc) is 2.59. The lowest BCUT2D eigenvalue weighted by molar-refractivity contribution is -0.158. The highest BCUT2D eigenvalue weighted by molar-refractivity contribution is 5.75. The second-order valence-electron chi connectivity index (χ2n) is 8.09. The number of unbranched alkanes of at least 4 members (excludes halogenated alkanes) is 1. The minimum Gasteiger partial charge on any atom is -0.481 e. The van der Waals surface area contributed by atoms with E-state index in [1.165, 1.54) is 0 Å². The smallest absolute Gasteiger partial charge is 0.309 e. The SMILES string of the molecule is CCCCC(CCC(CC)C(C)C)OC(=O)C1CCCC(C(=O)O)C1.